The van der Waals surface area contributed by atoms with E-state index < -0.39 is 10.0 Å². The quantitative estimate of drug-likeness (QED) is 0.556. The molecular formula is C18H19ClN4O2S2. The molecule has 3 rings (SSSR count). The molecule has 0 saturated carbocycles. The van der Waals surface area contributed by atoms with Gasteiger partial charge in [0.1, 0.15) is 6.33 Å². The minimum atomic E-state index is -3.69. The molecule has 0 atom stereocenters. The fourth-order valence-corrected chi connectivity index (χ4v) is 4.54. The average Bonchev–Trinajstić information content (AvgIpc) is 3.06. The summed E-state index contributed by atoms with van der Waals surface area (Å²) in [6.45, 7) is 0. The standard InChI is InChI=1S/C18H19ClN4O2S2/c1-23-13-20-21-18(23)26-17-7-3-2-6-16(17)22-27(24,25)15-10-8-14(9-11-15)5-4-12-19/h2-3,6-11,13,22H,4-5,12H2,1H3. The number of rotatable bonds is 8. The van der Waals surface area contributed by atoms with E-state index in [1.807, 2.05) is 31.3 Å². The number of benzene rings is 2. The first-order valence-electron chi connectivity index (χ1n) is 8.28. The Bertz CT molecular complexity index is 1000. The molecule has 0 aliphatic rings. The zero-order valence-corrected chi connectivity index (χ0v) is 17.1. The van der Waals surface area contributed by atoms with Crippen LogP contribution < -0.4 is 4.72 Å². The van der Waals surface area contributed by atoms with Crippen molar-refractivity contribution in [3.8, 4) is 0 Å². The second-order valence-corrected chi connectivity index (χ2v) is 8.93. The van der Waals surface area contributed by atoms with Crippen LogP contribution >= 0.6 is 23.4 Å². The summed E-state index contributed by atoms with van der Waals surface area (Å²) in [7, 11) is -1.86. The molecule has 0 aliphatic heterocycles. The third kappa shape index (κ3) is 5.03. The van der Waals surface area contributed by atoms with Gasteiger partial charge in [-0.05, 0) is 54.4 Å². The van der Waals surface area contributed by atoms with Crippen LogP contribution in [0.3, 0.4) is 0 Å². The molecule has 0 amide bonds. The molecule has 0 bridgehead atoms. The molecule has 0 aliphatic carbocycles. The van der Waals surface area contributed by atoms with Gasteiger partial charge in [0.2, 0.25) is 0 Å². The summed E-state index contributed by atoms with van der Waals surface area (Å²) in [6.07, 6.45) is 3.29. The number of hydrogen-bond acceptors (Lipinski definition) is 5. The van der Waals surface area contributed by atoms with Gasteiger partial charge in [0.25, 0.3) is 10.0 Å². The number of anilines is 1. The lowest BCUT2D eigenvalue weighted by atomic mass is 10.1. The molecule has 1 aromatic heterocycles. The predicted octanol–water partition coefficient (Wildman–Crippen LogP) is 3.94. The molecule has 0 unspecified atom stereocenters. The van der Waals surface area contributed by atoms with E-state index in [0.717, 1.165) is 23.3 Å². The van der Waals surface area contributed by atoms with Crippen LogP contribution in [0.1, 0.15) is 12.0 Å². The highest BCUT2D eigenvalue weighted by atomic mass is 35.5. The zero-order chi connectivity index (χ0) is 19.3. The summed E-state index contributed by atoms with van der Waals surface area (Å²) in [5.74, 6) is 0.585. The Labute approximate surface area is 168 Å². The second-order valence-electron chi connectivity index (χ2n) is 5.86. The highest BCUT2D eigenvalue weighted by Crippen LogP contribution is 2.33. The largest absolute Gasteiger partial charge is 0.311 e. The Kier molecular flexibility index (Phi) is 6.41. The molecule has 2 aromatic carbocycles. The molecule has 3 aromatic rings. The molecule has 142 valence electrons. The maximum Gasteiger partial charge on any atom is 0.261 e. The van der Waals surface area contributed by atoms with Crippen LogP contribution in [0, 0.1) is 0 Å². The van der Waals surface area contributed by atoms with Crippen LogP contribution in [-0.4, -0.2) is 29.1 Å². The average molecular weight is 423 g/mol. The number of alkyl halides is 1. The summed E-state index contributed by atoms with van der Waals surface area (Å²) in [5, 5.41) is 8.55. The lowest BCUT2D eigenvalue weighted by molar-refractivity contribution is 0.601. The normalized spacial score (nSPS) is 11.5. The third-order valence-corrected chi connectivity index (χ3v) is 6.61. The predicted molar refractivity (Wildman–Crippen MR) is 108 cm³/mol. The number of hydrogen-bond donors (Lipinski definition) is 1. The van der Waals surface area contributed by atoms with Crippen LogP contribution in [0.5, 0.6) is 0 Å². The minimum Gasteiger partial charge on any atom is -0.311 e. The fraction of sp³-hybridized carbons (Fsp3) is 0.222. The lowest BCUT2D eigenvalue weighted by Crippen LogP contribution is -2.13. The van der Waals surface area contributed by atoms with Crippen LogP contribution in [0.4, 0.5) is 5.69 Å². The maximum atomic E-state index is 12.8. The van der Waals surface area contributed by atoms with Crippen LogP contribution in [0.25, 0.3) is 0 Å². The van der Waals surface area contributed by atoms with E-state index >= 15 is 0 Å². The third-order valence-electron chi connectivity index (χ3n) is 3.84. The topological polar surface area (TPSA) is 76.9 Å². The van der Waals surface area contributed by atoms with E-state index in [1.54, 1.807) is 35.2 Å². The monoisotopic (exact) mass is 422 g/mol. The van der Waals surface area contributed by atoms with E-state index in [1.165, 1.54) is 11.8 Å². The number of sulfonamides is 1. The van der Waals surface area contributed by atoms with Crippen molar-refractivity contribution in [1.29, 1.82) is 0 Å². The van der Waals surface area contributed by atoms with E-state index in [4.69, 9.17) is 11.6 Å². The first-order chi connectivity index (χ1) is 13.0. The SMILES string of the molecule is Cn1cnnc1Sc1ccccc1NS(=O)(=O)c1ccc(CCCCl)cc1. The molecule has 0 radical (unpaired) electrons. The Morgan fingerprint density at radius 1 is 1.15 bits per heavy atom. The molecule has 0 spiro atoms. The van der Waals surface area contributed by atoms with Crippen molar-refractivity contribution in [2.24, 2.45) is 7.05 Å². The van der Waals surface area contributed by atoms with Gasteiger partial charge < -0.3 is 4.57 Å². The molecule has 27 heavy (non-hydrogen) atoms. The zero-order valence-electron chi connectivity index (χ0n) is 14.7. The van der Waals surface area contributed by atoms with E-state index in [0.29, 0.717) is 16.7 Å². The first kappa shape index (κ1) is 19.7. The van der Waals surface area contributed by atoms with Crippen molar-refractivity contribution in [3.05, 3.63) is 60.4 Å². The van der Waals surface area contributed by atoms with Crippen molar-refractivity contribution in [1.82, 2.24) is 14.8 Å². The van der Waals surface area contributed by atoms with Gasteiger partial charge in [-0.2, -0.15) is 0 Å². The number of nitrogens with one attached hydrogen (secondary N) is 1. The van der Waals surface area contributed by atoms with Crippen LogP contribution in [-0.2, 0) is 23.5 Å². The highest BCUT2D eigenvalue weighted by molar-refractivity contribution is 7.99. The number of nitrogens with zero attached hydrogens (tertiary/aromatic N) is 3. The Balaban J connectivity index is 1.81. The van der Waals surface area contributed by atoms with Crippen molar-refractivity contribution < 1.29 is 8.42 Å². The summed E-state index contributed by atoms with van der Waals surface area (Å²) in [6, 6.07) is 14.1. The van der Waals surface area contributed by atoms with Crippen molar-refractivity contribution >= 4 is 39.1 Å². The first-order valence-corrected chi connectivity index (χ1v) is 11.1. The van der Waals surface area contributed by atoms with Crippen LogP contribution in [0.2, 0.25) is 0 Å². The van der Waals surface area contributed by atoms with Gasteiger partial charge in [0.15, 0.2) is 5.16 Å². The summed E-state index contributed by atoms with van der Waals surface area (Å²) >= 11 is 7.05. The summed E-state index contributed by atoms with van der Waals surface area (Å²) in [5.41, 5.74) is 1.56. The van der Waals surface area contributed by atoms with E-state index in [9.17, 15) is 8.42 Å². The Morgan fingerprint density at radius 2 is 1.89 bits per heavy atom. The fourth-order valence-electron chi connectivity index (χ4n) is 2.41. The lowest BCUT2D eigenvalue weighted by Gasteiger charge is -2.12. The van der Waals surface area contributed by atoms with E-state index in [-0.39, 0.29) is 4.90 Å². The molecule has 1 heterocycles. The number of para-hydroxylation sites is 1. The maximum absolute atomic E-state index is 12.8. The summed E-state index contributed by atoms with van der Waals surface area (Å²) in [4.78, 5) is 0.964. The van der Waals surface area contributed by atoms with Gasteiger partial charge in [-0.15, -0.1) is 21.8 Å². The van der Waals surface area contributed by atoms with Crippen molar-refractivity contribution in [2.75, 3.05) is 10.6 Å². The second kappa shape index (κ2) is 8.77. The molecule has 0 fully saturated rings. The molecule has 6 nitrogen and oxygen atoms in total. The van der Waals surface area contributed by atoms with Crippen molar-refractivity contribution in [3.63, 3.8) is 0 Å². The molecule has 1 N–H and O–H groups in total. The van der Waals surface area contributed by atoms with Crippen LogP contribution in [0.15, 0.2) is 69.8 Å². The Morgan fingerprint density at radius 3 is 2.56 bits per heavy atom. The van der Waals surface area contributed by atoms with Gasteiger partial charge in [-0.25, -0.2) is 8.42 Å². The summed E-state index contributed by atoms with van der Waals surface area (Å²) < 4.78 is 30.0. The van der Waals surface area contributed by atoms with Gasteiger partial charge in [0.05, 0.1) is 10.6 Å². The molecular weight excluding hydrogens is 404 g/mol. The number of aryl methyl sites for hydroxylation is 2. The van der Waals surface area contributed by atoms with Gasteiger partial charge in [0, 0.05) is 17.8 Å². The smallest absolute Gasteiger partial charge is 0.261 e. The van der Waals surface area contributed by atoms with Gasteiger partial charge in [-0.3, -0.25) is 4.72 Å². The van der Waals surface area contributed by atoms with Crippen molar-refractivity contribution in [2.45, 2.75) is 27.8 Å². The molecule has 0 saturated heterocycles. The highest BCUT2D eigenvalue weighted by Gasteiger charge is 2.17. The number of aromatic nitrogens is 3. The van der Waals surface area contributed by atoms with Gasteiger partial charge in [-0.1, -0.05) is 24.3 Å². The van der Waals surface area contributed by atoms with E-state index in [2.05, 4.69) is 14.9 Å². The minimum absolute atomic E-state index is 0.218. The molecule has 9 heteroatoms. The van der Waals surface area contributed by atoms with Gasteiger partial charge >= 0.3 is 0 Å². The Hall–Kier alpha value is -2.03. The number of halogens is 1.